The smallest absolute Gasteiger partial charge is 0.326 e. The average molecular weight is 265 g/mol. The molecule has 1 atom stereocenters. The number of carbonyl (C=O) groups excluding carboxylic acids is 1. The standard InChI is InChI=1S/C13H19N3O3/c1-3-6-15-8-10(7-14-15)12(17)16(11-4-5-11)9(2)13(18)19/h7-9,11H,3-6H2,1-2H3,(H,18,19). The Bertz CT molecular complexity index is 479. The second-order valence-electron chi connectivity index (χ2n) is 4.95. The van der Waals surface area contributed by atoms with Crippen molar-refractivity contribution in [3.8, 4) is 0 Å². The third-order valence-electron chi connectivity index (χ3n) is 3.28. The van der Waals surface area contributed by atoms with Crippen LogP contribution in [0, 0.1) is 0 Å². The van der Waals surface area contributed by atoms with Crippen LogP contribution in [0.5, 0.6) is 0 Å². The molecule has 0 saturated heterocycles. The van der Waals surface area contributed by atoms with Crippen molar-refractivity contribution in [3.63, 3.8) is 0 Å². The molecule has 1 fully saturated rings. The number of aromatic nitrogens is 2. The zero-order valence-electron chi connectivity index (χ0n) is 11.2. The van der Waals surface area contributed by atoms with Crippen LogP contribution >= 0.6 is 0 Å². The highest BCUT2D eigenvalue weighted by Gasteiger charge is 2.39. The van der Waals surface area contributed by atoms with E-state index in [1.54, 1.807) is 17.8 Å². The van der Waals surface area contributed by atoms with Crippen molar-refractivity contribution in [2.45, 2.75) is 51.7 Å². The summed E-state index contributed by atoms with van der Waals surface area (Å²) in [6.45, 7) is 4.34. The molecule has 1 heterocycles. The minimum atomic E-state index is -0.971. The van der Waals surface area contributed by atoms with Gasteiger partial charge in [-0.25, -0.2) is 4.79 Å². The maximum Gasteiger partial charge on any atom is 0.326 e. The molecule has 104 valence electrons. The van der Waals surface area contributed by atoms with Crippen LogP contribution in [0.1, 0.15) is 43.5 Å². The monoisotopic (exact) mass is 265 g/mol. The molecule has 0 aromatic carbocycles. The van der Waals surface area contributed by atoms with Crippen molar-refractivity contribution in [1.29, 1.82) is 0 Å². The summed E-state index contributed by atoms with van der Waals surface area (Å²) >= 11 is 0. The van der Waals surface area contributed by atoms with Crippen molar-refractivity contribution in [2.75, 3.05) is 0 Å². The first-order valence-electron chi connectivity index (χ1n) is 6.62. The molecule has 0 spiro atoms. The Balaban J connectivity index is 2.16. The zero-order valence-corrected chi connectivity index (χ0v) is 11.2. The minimum absolute atomic E-state index is 0.0631. The van der Waals surface area contributed by atoms with Crippen LogP contribution in [0.15, 0.2) is 12.4 Å². The van der Waals surface area contributed by atoms with Crippen LogP contribution in [0.25, 0.3) is 0 Å². The number of carboxylic acid groups (broad SMARTS) is 1. The van der Waals surface area contributed by atoms with E-state index < -0.39 is 12.0 Å². The average Bonchev–Trinajstić information content (AvgIpc) is 3.08. The topological polar surface area (TPSA) is 75.4 Å². The molecule has 1 aliphatic carbocycles. The maximum absolute atomic E-state index is 12.4. The molecular weight excluding hydrogens is 246 g/mol. The Morgan fingerprint density at radius 3 is 2.79 bits per heavy atom. The number of aryl methyl sites for hydroxylation is 1. The fourth-order valence-corrected chi connectivity index (χ4v) is 2.10. The predicted molar refractivity (Wildman–Crippen MR) is 68.8 cm³/mol. The fourth-order valence-electron chi connectivity index (χ4n) is 2.10. The van der Waals surface area contributed by atoms with E-state index in [2.05, 4.69) is 5.10 Å². The molecule has 0 radical (unpaired) electrons. The van der Waals surface area contributed by atoms with Crippen LogP contribution < -0.4 is 0 Å². The van der Waals surface area contributed by atoms with Gasteiger partial charge in [0.05, 0.1) is 11.8 Å². The molecule has 1 amide bonds. The Morgan fingerprint density at radius 2 is 2.26 bits per heavy atom. The highest BCUT2D eigenvalue weighted by Crippen LogP contribution is 2.30. The highest BCUT2D eigenvalue weighted by molar-refractivity contribution is 5.96. The number of hydrogen-bond donors (Lipinski definition) is 1. The van der Waals surface area contributed by atoms with Gasteiger partial charge in [-0.1, -0.05) is 6.92 Å². The Kier molecular flexibility index (Phi) is 3.87. The highest BCUT2D eigenvalue weighted by atomic mass is 16.4. The first-order chi connectivity index (χ1) is 9.04. The molecule has 1 aliphatic rings. The fraction of sp³-hybridized carbons (Fsp3) is 0.615. The predicted octanol–water partition coefficient (Wildman–Crippen LogP) is 1.37. The summed E-state index contributed by atoms with van der Waals surface area (Å²) in [5, 5.41) is 13.2. The summed E-state index contributed by atoms with van der Waals surface area (Å²) in [5.74, 6) is -1.21. The van der Waals surface area contributed by atoms with E-state index in [1.165, 1.54) is 11.1 Å². The van der Waals surface area contributed by atoms with Gasteiger partial charge in [0.1, 0.15) is 6.04 Å². The second-order valence-corrected chi connectivity index (χ2v) is 4.95. The van der Waals surface area contributed by atoms with Crippen LogP contribution in [-0.4, -0.2) is 43.7 Å². The third-order valence-corrected chi connectivity index (χ3v) is 3.28. The number of nitrogens with zero attached hydrogens (tertiary/aromatic N) is 3. The van der Waals surface area contributed by atoms with Gasteiger partial charge in [-0.05, 0) is 26.2 Å². The van der Waals surface area contributed by atoms with Gasteiger partial charge in [0.25, 0.3) is 5.91 Å². The molecule has 0 bridgehead atoms. The van der Waals surface area contributed by atoms with Crippen LogP contribution in [0.3, 0.4) is 0 Å². The molecule has 1 saturated carbocycles. The molecule has 2 rings (SSSR count). The van der Waals surface area contributed by atoms with Crippen molar-refractivity contribution >= 4 is 11.9 Å². The van der Waals surface area contributed by atoms with E-state index in [4.69, 9.17) is 5.11 Å². The van der Waals surface area contributed by atoms with Gasteiger partial charge in [0, 0.05) is 18.8 Å². The summed E-state index contributed by atoms with van der Waals surface area (Å²) in [6, 6.07) is -0.734. The lowest BCUT2D eigenvalue weighted by Gasteiger charge is -2.25. The number of aliphatic carboxylic acids is 1. The molecule has 19 heavy (non-hydrogen) atoms. The second kappa shape index (κ2) is 5.42. The molecule has 6 nitrogen and oxygen atoms in total. The first kappa shape index (κ1) is 13.6. The maximum atomic E-state index is 12.4. The Morgan fingerprint density at radius 1 is 1.58 bits per heavy atom. The largest absolute Gasteiger partial charge is 0.480 e. The lowest BCUT2D eigenvalue weighted by Crippen LogP contribution is -2.44. The lowest BCUT2D eigenvalue weighted by atomic mass is 10.2. The van der Waals surface area contributed by atoms with E-state index in [0.29, 0.717) is 5.56 Å². The summed E-state index contributed by atoms with van der Waals surface area (Å²) in [6.07, 6.45) is 5.91. The van der Waals surface area contributed by atoms with Crippen LogP contribution in [-0.2, 0) is 11.3 Å². The molecule has 1 N–H and O–H groups in total. The van der Waals surface area contributed by atoms with Gasteiger partial charge in [0.15, 0.2) is 0 Å². The van der Waals surface area contributed by atoms with E-state index >= 15 is 0 Å². The quantitative estimate of drug-likeness (QED) is 0.843. The van der Waals surface area contributed by atoms with Crippen molar-refractivity contribution in [1.82, 2.24) is 14.7 Å². The molecule has 1 unspecified atom stereocenters. The zero-order chi connectivity index (χ0) is 14.0. The third kappa shape index (κ3) is 2.94. The summed E-state index contributed by atoms with van der Waals surface area (Å²) in [5.41, 5.74) is 0.466. The number of hydrogen-bond acceptors (Lipinski definition) is 3. The van der Waals surface area contributed by atoms with Gasteiger partial charge >= 0.3 is 5.97 Å². The number of carbonyl (C=O) groups is 2. The normalized spacial score (nSPS) is 16.1. The van der Waals surface area contributed by atoms with E-state index in [9.17, 15) is 9.59 Å². The van der Waals surface area contributed by atoms with Gasteiger partial charge in [-0.15, -0.1) is 0 Å². The number of carboxylic acids is 1. The van der Waals surface area contributed by atoms with Crippen LogP contribution in [0.2, 0.25) is 0 Å². The summed E-state index contributed by atoms with van der Waals surface area (Å²) < 4.78 is 1.71. The molecule has 6 heteroatoms. The van der Waals surface area contributed by atoms with E-state index in [0.717, 1.165) is 25.8 Å². The van der Waals surface area contributed by atoms with E-state index in [1.807, 2.05) is 6.92 Å². The molecule has 0 aliphatic heterocycles. The minimum Gasteiger partial charge on any atom is -0.480 e. The van der Waals surface area contributed by atoms with Gasteiger partial charge in [-0.3, -0.25) is 9.48 Å². The SMILES string of the molecule is CCCn1cc(C(=O)N(C2CC2)C(C)C(=O)O)cn1. The van der Waals surface area contributed by atoms with Gasteiger partial charge < -0.3 is 10.0 Å². The lowest BCUT2D eigenvalue weighted by molar-refractivity contribution is -0.141. The molecule has 1 aromatic rings. The first-order valence-corrected chi connectivity index (χ1v) is 6.62. The van der Waals surface area contributed by atoms with Crippen LogP contribution in [0.4, 0.5) is 0 Å². The van der Waals surface area contributed by atoms with Crippen molar-refractivity contribution < 1.29 is 14.7 Å². The number of amides is 1. The summed E-state index contributed by atoms with van der Waals surface area (Å²) in [7, 11) is 0. The van der Waals surface area contributed by atoms with Gasteiger partial charge in [0.2, 0.25) is 0 Å². The molecular formula is C13H19N3O3. The molecule has 1 aromatic heterocycles. The Labute approximate surface area is 112 Å². The summed E-state index contributed by atoms with van der Waals surface area (Å²) in [4.78, 5) is 25.0. The van der Waals surface area contributed by atoms with Crippen molar-refractivity contribution in [2.24, 2.45) is 0 Å². The van der Waals surface area contributed by atoms with Crippen molar-refractivity contribution in [3.05, 3.63) is 18.0 Å². The van der Waals surface area contributed by atoms with Gasteiger partial charge in [-0.2, -0.15) is 5.10 Å². The number of rotatable bonds is 6. The Hall–Kier alpha value is -1.85. The van der Waals surface area contributed by atoms with E-state index in [-0.39, 0.29) is 11.9 Å².